The number of rotatable bonds is 3. The number of nitrogens with zero attached hydrogens (tertiary/aromatic N) is 1. The van der Waals surface area contributed by atoms with Crippen molar-refractivity contribution in [3.8, 4) is 11.1 Å². The molecule has 0 radical (unpaired) electrons. The van der Waals surface area contributed by atoms with Crippen LogP contribution in [-0.4, -0.2) is 12.5 Å². The molecule has 1 amide bonds. The van der Waals surface area contributed by atoms with E-state index in [1.807, 2.05) is 43.3 Å². The average molecular weight is 439 g/mol. The van der Waals surface area contributed by atoms with E-state index in [9.17, 15) is 13.6 Å². The molecule has 3 nitrogen and oxygen atoms in total. The minimum Gasteiger partial charge on any atom is -0.312 e. The van der Waals surface area contributed by atoms with Crippen LogP contribution in [-0.2, 0) is 24.1 Å². The number of hydrogen-bond donors (Lipinski definition) is 1. The van der Waals surface area contributed by atoms with Crippen LogP contribution in [0.25, 0.3) is 11.1 Å². The van der Waals surface area contributed by atoms with Crippen LogP contribution in [0.15, 0.2) is 59.5 Å². The summed E-state index contributed by atoms with van der Waals surface area (Å²) in [5, 5.41) is 5.48. The summed E-state index contributed by atoms with van der Waals surface area (Å²) in [5.41, 5.74) is 5.95. The van der Waals surface area contributed by atoms with E-state index in [-0.39, 0.29) is 11.9 Å². The van der Waals surface area contributed by atoms with Gasteiger partial charge in [-0.3, -0.25) is 9.93 Å². The number of halogens is 2. The zero-order valence-electron chi connectivity index (χ0n) is 17.3. The van der Waals surface area contributed by atoms with Crippen molar-refractivity contribution in [3.05, 3.63) is 82.9 Å². The smallest absolute Gasteiger partial charge is 0.214 e. The third kappa shape index (κ3) is 4.50. The predicted octanol–water partition coefficient (Wildman–Crippen LogP) is 5.68. The maximum Gasteiger partial charge on any atom is 0.214 e. The van der Waals surface area contributed by atoms with Gasteiger partial charge in [-0.2, -0.15) is 0 Å². The molecular weight excluding hydrogens is 414 g/mol. The van der Waals surface area contributed by atoms with Crippen LogP contribution in [0.3, 0.4) is 0 Å². The molecule has 1 unspecified atom stereocenters. The molecule has 3 aromatic rings. The lowest BCUT2D eigenvalue weighted by Crippen LogP contribution is -2.27. The minimum absolute atomic E-state index is 0.264. The molecule has 2 N–H and O–H groups in total. The second-order valence-corrected chi connectivity index (χ2v) is 8.64. The second kappa shape index (κ2) is 9.20. The van der Waals surface area contributed by atoms with Crippen LogP contribution in [0.4, 0.5) is 14.5 Å². The van der Waals surface area contributed by atoms with Gasteiger partial charge < -0.3 is 4.90 Å². The number of anilines is 1. The van der Waals surface area contributed by atoms with Gasteiger partial charge in [-0.25, -0.2) is 8.78 Å². The quantitative estimate of drug-likeness (QED) is 0.423. The minimum atomic E-state index is -0.401. The first kappa shape index (κ1) is 21.5. The highest BCUT2D eigenvalue weighted by Crippen LogP contribution is 2.33. The zero-order valence-corrected chi connectivity index (χ0v) is 18.1. The van der Waals surface area contributed by atoms with Crippen LogP contribution in [0, 0.1) is 11.6 Å². The van der Waals surface area contributed by atoms with Crippen LogP contribution >= 0.6 is 11.9 Å². The molecule has 31 heavy (non-hydrogen) atoms. The summed E-state index contributed by atoms with van der Waals surface area (Å²) < 4.78 is 26.8. The normalized spacial score (nSPS) is 16.4. The molecule has 6 heteroatoms. The summed E-state index contributed by atoms with van der Waals surface area (Å²) >= 11 is 1.21. The van der Waals surface area contributed by atoms with Gasteiger partial charge in [0.05, 0.1) is 0 Å². The molecule has 160 valence electrons. The Morgan fingerprint density at radius 1 is 1.00 bits per heavy atom. The Balaban J connectivity index is 0.000000152. The van der Waals surface area contributed by atoms with Gasteiger partial charge in [-0.1, -0.05) is 24.3 Å². The van der Waals surface area contributed by atoms with E-state index in [2.05, 4.69) is 0 Å². The lowest BCUT2D eigenvalue weighted by molar-refractivity contribution is -0.107. The third-order valence-corrected chi connectivity index (χ3v) is 6.44. The molecule has 1 heterocycles. The fraction of sp³-hybridized carbons (Fsp3) is 0.240. The van der Waals surface area contributed by atoms with E-state index in [1.54, 1.807) is 4.90 Å². The van der Waals surface area contributed by atoms with Crippen molar-refractivity contribution in [1.82, 2.24) is 0 Å². The summed E-state index contributed by atoms with van der Waals surface area (Å²) in [6.07, 6.45) is 5.12. The summed E-state index contributed by atoms with van der Waals surface area (Å²) in [5.74, 6) is -0.772. The highest BCUT2D eigenvalue weighted by atomic mass is 32.2. The predicted molar refractivity (Wildman–Crippen MR) is 122 cm³/mol. The SMILES string of the molecule is CC1Cc2ccc(SN)cc2N1C=O.Fc1ccc(F)c(-c2ccc3c(c2)CCC3)c1. The van der Waals surface area contributed by atoms with Crippen molar-refractivity contribution >= 4 is 24.0 Å². The van der Waals surface area contributed by atoms with Crippen molar-refractivity contribution < 1.29 is 13.6 Å². The van der Waals surface area contributed by atoms with Crippen LogP contribution in [0.5, 0.6) is 0 Å². The van der Waals surface area contributed by atoms with E-state index in [1.165, 1.54) is 40.8 Å². The van der Waals surface area contributed by atoms with Crippen molar-refractivity contribution in [2.24, 2.45) is 5.14 Å². The highest BCUT2D eigenvalue weighted by Gasteiger charge is 2.25. The maximum absolute atomic E-state index is 13.6. The molecule has 0 spiro atoms. The first-order valence-electron chi connectivity index (χ1n) is 10.3. The van der Waals surface area contributed by atoms with Crippen LogP contribution in [0.2, 0.25) is 0 Å². The first-order chi connectivity index (χ1) is 15.0. The first-order valence-corrected chi connectivity index (χ1v) is 11.2. The number of fused-ring (bicyclic) bond motifs is 2. The molecule has 5 rings (SSSR count). The van der Waals surface area contributed by atoms with Crippen LogP contribution in [0.1, 0.15) is 30.0 Å². The molecule has 0 saturated heterocycles. The van der Waals surface area contributed by atoms with Gasteiger partial charge in [0.25, 0.3) is 0 Å². The van der Waals surface area contributed by atoms with E-state index in [4.69, 9.17) is 5.14 Å². The Bertz CT molecular complexity index is 1120. The molecule has 0 aromatic heterocycles. The Morgan fingerprint density at radius 3 is 2.55 bits per heavy atom. The van der Waals surface area contributed by atoms with E-state index in [0.717, 1.165) is 54.3 Å². The van der Waals surface area contributed by atoms with E-state index < -0.39 is 5.82 Å². The van der Waals surface area contributed by atoms with Gasteiger partial charge in [0.1, 0.15) is 11.6 Å². The topological polar surface area (TPSA) is 46.3 Å². The van der Waals surface area contributed by atoms with E-state index >= 15 is 0 Å². The molecule has 2 aliphatic rings. The average Bonchev–Trinajstić information content (AvgIpc) is 3.37. The molecule has 3 aromatic carbocycles. The fourth-order valence-electron chi connectivity index (χ4n) is 4.30. The standard InChI is InChI=1S/C15H12F2.C10H12N2OS/c16-13-6-7-15(17)14(9-13)12-5-4-10-2-1-3-11(10)8-12;1-7-4-8-2-3-9(14-11)5-10(8)12(7)6-13/h4-9H,1-3H2;2-3,5-7H,4,11H2,1H3. The van der Waals surface area contributed by atoms with Gasteiger partial charge in [-0.05, 0) is 97.1 Å². The van der Waals surface area contributed by atoms with Gasteiger partial charge in [0.2, 0.25) is 6.41 Å². The maximum atomic E-state index is 13.6. The summed E-state index contributed by atoms with van der Waals surface area (Å²) in [7, 11) is 0. The fourth-order valence-corrected chi connectivity index (χ4v) is 4.63. The summed E-state index contributed by atoms with van der Waals surface area (Å²) in [6.45, 7) is 2.05. The number of carbonyl (C=O) groups excluding carboxylic acids is 1. The summed E-state index contributed by atoms with van der Waals surface area (Å²) in [4.78, 5) is 13.6. The Hall–Kier alpha value is -2.70. The van der Waals surface area contributed by atoms with Gasteiger partial charge in [0, 0.05) is 22.2 Å². The Labute approximate surface area is 185 Å². The van der Waals surface area contributed by atoms with E-state index in [0.29, 0.717) is 5.56 Å². The van der Waals surface area contributed by atoms with Gasteiger partial charge in [-0.15, -0.1) is 0 Å². The van der Waals surface area contributed by atoms with Crippen molar-refractivity contribution in [2.75, 3.05) is 4.90 Å². The number of aryl methyl sites for hydroxylation is 2. The number of hydrogen-bond acceptors (Lipinski definition) is 3. The lowest BCUT2D eigenvalue weighted by Gasteiger charge is -2.16. The van der Waals surface area contributed by atoms with Gasteiger partial charge >= 0.3 is 0 Å². The number of amides is 1. The zero-order chi connectivity index (χ0) is 22.0. The number of carbonyl (C=O) groups is 1. The second-order valence-electron chi connectivity index (χ2n) is 7.94. The molecule has 0 saturated carbocycles. The molecule has 1 aliphatic heterocycles. The van der Waals surface area contributed by atoms with Crippen molar-refractivity contribution in [2.45, 2.75) is 43.5 Å². The summed E-state index contributed by atoms with van der Waals surface area (Å²) in [6, 6.07) is 15.7. The Kier molecular flexibility index (Phi) is 6.39. The Morgan fingerprint density at radius 2 is 1.77 bits per heavy atom. The highest BCUT2D eigenvalue weighted by molar-refractivity contribution is 7.97. The largest absolute Gasteiger partial charge is 0.312 e. The molecule has 1 aliphatic carbocycles. The van der Waals surface area contributed by atoms with Crippen molar-refractivity contribution in [3.63, 3.8) is 0 Å². The van der Waals surface area contributed by atoms with Gasteiger partial charge in [0.15, 0.2) is 0 Å². The molecule has 0 fully saturated rings. The number of nitrogens with two attached hydrogens (primary N) is 1. The molecule has 1 atom stereocenters. The number of benzene rings is 3. The molecule has 0 bridgehead atoms. The lowest BCUT2D eigenvalue weighted by atomic mass is 10.00. The van der Waals surface area contributed by atoms with Crippen molar-refractivity contribution in [1.29, 1.82) is 0 Å². The monoisotopic (exact) mass is 438 g/mol. The third-order valence-electron chi connectivity index (χ3n) is 5.91. The molecular formula is C25H24F2N2OS. The van der Waals surface area contributed by atoms with Crippen LogP contribution < -0.4 is 10.0 Å².